The van der Waals surface area contributed by atoms with Crippen LogP contribution in [-0.4, -0.2) is 32.7 Å². The van der Waals surface area contributed by atoms with E-state index in [-0.39, 0.29) is 17.5 Å². The van der Waals surface area contributed by atoms with Crippen LogP contribution in [0.3, 0.4) is 0 Å². The van der Waals surface area contributed by atoms with Gasteiger partial charge in [-0.15, -0.1) is 0 Å². The Hall–Kier alpha value is -2.61. The first kappa shape index (κ1) is 18.2. The van der Waals surface area contributed by atoms with Crippen LogP contribution in [-0.2, 0) is 14.8 Å². The molecule has 1 aliphatic rings. The van der Waals surface area contributed by atoms with E-state index in [1.54, 1.807) is 31.2 Å². The molecule has 0 aliphatic carbocycles. The summed E-state index contributed by atoms with van der Waals surface area (Å²) >= 11 is 0. The molecule has 1 unspecified atom stereocenters. The van der Waals surface area contributed by atoms with Crippen molar-refractivity contribution in [2.24, 2.45) is 0 Å². The van der Waals surface area contributed by atoms with E-state index >= 15 is 0 Å². The lowest BCUT2D eigenvalue weighted by Crippen LogP contribution is -2.30. The summed E-state index contributed by atoms with van der Waals surface area (Å²) in [6, 6.07) is 12.0. The number of anilines is 2. The molecule has 6 nitrogen and oxygen atoms in total. The average Bonchev–Trinajstić information content (AvgIpc) is 2.97. The zero-order chi connectivity index (χ0) is 18.7. The second-order valence-electron chi connectivity index (χ2n) is 5.99. The fourth-order valence-corrected chi connectivity index (χ4v) is 4.22. The predicted molar refractivity (Wildman–Crippen MR) is 97.3 cm³/mol. The summed E-state index contributed by atoms with van der Waals surface area (Å²) in [5.41, 5.74) is 1.11. The quantitative estimate of drug-likeness (QED) is 0.868. The van der Waals surface area contributed by atoms with Crippen LogP contribution < -0.4 is 14.4 Å². The molecule has 2 aromatic rings. The number of nitrogens with one attached hydrogen (secondary N) is 1. The normalized spacial score (nSPS) is 16.9. The third-order valence-corrected chi connectivity index (χ3v) is 5.89. The molecule has 1 saturated heterocycles. The zero-order valence-electron chi connectivity index (χ0n) is 14.2. The van der Waals surface area contributed by atoms with Gasteiger partial charge in [-0.25, -0.2) is 12.8 Å². The molecular weight excluding hydrogens is 359 g/mol. The Bertz CT molecular complexity index is 882. The number of nitrogens with zero attached hydrogens (tertiary/aromatic N) is 1. The van der Waals surface area contributed by atoms with Crippen molar-refractivity contribution >= 4 is 27.3 Å². The van der Waals surface area contributed by atoms with E-state index in [9.17, 15) is 17.6 Å². The van der Waals surface area contributed by atoms with Crippen LogP contribution in [0.15, 0.2) is 48.5 Å². The van der Waals surface area contributed by atoms with Crippen molar-refractivity contribution in [2.75, 3.05) is 21.9 Å². The number of carbonyl (C=O) groups excluding carboxylic acids is 1. The fourth-order valence-electron chi connectivity index (χ4n) is 2.66. The maximum absolute atomic E-state index is 12.9. The highest BCUT2D eigenvalue weighted by Gasteiger charge is 2.28. The van der Waals surface area contributed by atoms with Gasteiger partial charge in [0.25, 0.3) is 5.91 Å². The molecule has 0 spiro atoms. The molecule has 1 N–H and O–H groups in total. The zero-order valence-corrected chi connectivity index (χ0v) is 15.0. The summed E-state index contributed by atoms with van der Waals surface area (Å²) in [6.45, 7) is 2.06. The first-order chi connectivity index (χ1) is 12.3. The highest BCUT2D eigenvalue weighted by Crippen LogP contribution is 2.25. The van der Waals surface area contributed by atoms with Crippen molar-refractivity contribution in [2.45, 2.75) is 19.4 Å². The maximum Gasteiger partial charge on any atom is 0.265 e. The molecule has 0 aromatic heterocycles. The minimum atomic E-state index is -3.23. The molecule has 0 bridgehead atoms. The SMILES string of the molecule is CC(Oc1ccc(F)cc1)C(=O)Nc1ccc(N2CCCS2(=O)=O)cc1. The molecular formula is C18H19FN2O4S. The molecule has 8 heteroatoms. The van der Waals surface area contributed by atoms with Crippen LogP contribution >= 0.6 is 0 Å². The summed E-state index contributed by atoms with van der Waals surface area (Å²) in [4.78, 5) is 12.2. The lowest BCUT2D eigenvalue weighted by molar-refractivity contribution is -0.122. The molecule has 1 heterocycles. The van der Waals surface area contributed by atoms with E-state index in [0.717, 1.165) is 0 Å². The van der Waals surface area contributed by atoms with Gasteiger partial charge >= 0.3 is 0 Å². The van der Waals surface area contributed by atoms with Gasteiger partial charge < -0.3 is 10.1 Å². The predicted octanol–water partition coefficient (Wildman–Crippen LogP) is 2.77. The Balaban J connectivity index is 1.61. The molecule has 26 heavy (non-hydrogen) atoms. The molecule has 0 radical (unpaired) electrons. The van der Waals surface area contributed by atoms with Crippen molar-refractivity contribution in [3.05, 3.63) is 54.3 Å². The van der Waals surface area contributed by atoms with Gasteiger partial charge in [0.2, 0.25) is 10.0 Å². The Morgan fingerprint density at radius 2 is 1.81 bits per heavy atom. The van der Waals surface area contributed by atoms with Gasteiger partial charge in [0, 0.05) is 12.2 Å². The Morgan fingerprint density at radius 1 is 1.15 bits per heavy atom. The van der Waals surface area contributed by atoms with E-state index in [2.05, 4.69) is 5.32 Å². The Morgan fingerprint density at radius 3 is 2.38 bits per heavy atom. The summed E-state index contributed by atoms with van der Waals surface area (Å²) in [6.07, 6.45) is -0.168. The van der Waals surface area contributed by atoms with Gasteiger partial charge in [-0.2, -0.15) is 0 Å². The number of carbonyl (C=O) groups is 1. The molecule has 2 aromatic carbocycles. The van der Waals surface area contributed by atoms with Crippen LogP contribution in [0.1, 0.15) is 13.3 Å². The molecule has 1 amide bonds. The van der Waals surface area contributed by atoms with Crippen LogP contribution in [0.25, 0.3) is 0 Å². The smallest absolute Gasteiger partial charge is 0.265 e. The molecule has 1 aliphatic heterocycles. The van der Waals surface area contributed by atoms with Gasteiger partial charge in [-0.05, 0) is 61.9 Å². The molecule has 138 valence electrons. The van der Waals surface area contributed by atoms with E-state index in [4.69, 9.17) is 4.74 Å². The lowest BCUT2D eigenvalue weighted by Gasteiger charge is -2.18. The van der Waals surface area contributed by atoms with Crippen molar-refractivity contribution < 1.29 is 22.3 Å². The van der Waals surface area contributed by atoms with Crippen LogP contribution in [0.5, 0.6) is 5.75 Å². The largest absolute Gasteiger partial charge is 0.481 e. The fraction of sp³-hybridized carbons (Fsp3) is 0.278. The van der Waals surface area contributed by atoms with Gasteiger partial charge in [0.05, 0.1) is 11.4 Å². The van der Waals surface area contributed by atoms with Crippen molar-refractivity contribution in [1.29, 1.82) is 0 Å². The van der Waals surface area contributed by atoms with Crippen molar-refractivity contribution in [1.82, 2.24) is 0 Å². The Kier molecular flexibility index (Phi) is 5.13. The van der Waals surface area contributed by atoms with Crippen LogP contribution in [0, 0.1) is 5.82 Å². The number of ether oxygens (including phenoxy) is 1. The number of amides is 1. The number of sulfonamides is 1. The first-order valence-electron chi connectivity index (χ1n) is 8.19. The second kappa shape index (κ2) is 7.33. The van der Waals surface area contributed by atoms with E-state index in [1.165, 1.54) is 28.6 Å². The van der Waals surface area contributed by atoms with Gasteiger partial charge in [-0.1, -0.05) is 0 Å². The number of halogens is 1. The summed E-state index contributed by atoms with van der Waals surface area (Å²) in [7, 11) is -3.23. The number of rotatable bonds is 5. The molecule has 0 saturated carbocycles. The standard InChI is InChI=1S/C18H19FN2O4S/c1-13(25-17-9-3-14(19)4-10-17)18(22)20-15-5-7-16(8-6-15)21-11-2-12-26(21,23)24/h3-10,13H,2,11-12H2,1H3,(H,20,22). The molecule has 1 fully saturated rings. The van der Waals surface area contributed by atoms with Gasteiger partial charge in [-0.3, -0.25) is 9.10 Å². The summed E-state index contributed by atoms with van der Waals surface area (Å²) in [5, 5.41) is 2.71. The Labute approximate surface area is 151 Å². The third kappa shape index (κ3) is 4.13. The van der Waals surface area contributed by atoms with E-state index in [0.29, 0.717) is 30.1 Å². The van der Waals surface area contributed by atoms with Crippen molar-refractivity contribution in [3.8, 4) is 5.75 Å². The van der Waals surface area contributed by atoms with Gasteiger partial charge in [0.1, 0.15) is 11.6 Å². The topological polar surface area (TPSA) is 75.7 Å². The third-order valence-electron chi connectivity index (χ3n) is 4.02. The van der Waals surface area contributed by atoms with Crippen LogP contribution in [0.2, 0.25) is 0 Å². The second-order valence-corrected chi connectivity index (χ2v) is 8.00. The summed E-state index contributed by atoms with van der Waals surface area (Å²) in [5.74, 6) is -0.196. The number of hydrogen-bond donors (Lipinski definition) is 1. The average molecular weight is 378 g/mol. The van der Waals surface area contributed by atoms with E-state index < -0.39 is 16.1 Å². The highest BCUT2D eigenvalue weighted by molar-refractivity contribution is 7.93. The maximum atomic E-state index is 12.9. The molecule has 3 rings (SSSR count). The van der Waals surface area contributed by atoms with Gasteiger partial charge in [0.15, 0.2) is 6.10 Å². The minimum Gasteiger partial charge on any atom is -0.481 e. The number of hydrogen-bond acceptors (Lipinski definition) is 4. The minimum absolute atomic E-state index is 0.156. The summed E-state index contributed by atoms with van der Waals surface area (Å²) < 4.78 is 43.6. The lowest BCUT2D eigenvalue weighted by atomic mass is 10.2. The van der Waals surface area contributed by atoms with Crippen LogP contribution in [0.4, 0.5) is 15.8 Å². The molecule has 1 atom stereocenters. The number of benzene rings is 2. The highest BCUT2D eigenvalue weighted by atomic mass is 32.2. The monoisotopic (exact) mass is 378 g/mol. The first-order valence-corrected chi connectivity index (χ1v) is 9.80. The van der Waals surface area contributed by atoms with E-state index in [1.807, 2.05) is 0 Å². The van der Waals surface area contributed by atoms with Crippen molar-refractivity contribution in [3.63, 3.8) is 0 Å².